The van der Waals surface area contributed by atoms with Crippen LogP contribution in [0, 0.1) is 6.92 Å². The number of imidazole rings is 1. The smallest absolute Gasteiger partial charge is 0.263 e. The summed E-state index contributed by atoms with van der Waals surface area (Å²) in [5.74, 6) is 0.675. The molecule has 0 saturated heterocycles. The maximum atomic E-state index is 12.3. The molecule has 1 heterocycles. The number of aromatic nitrogens is 2. The second-order valence-corrected chi connectivity index (χ2v) is 4.19. The molecule has 0 saturated carbocycles. The van der Waals surface area contributed by atoms with Gasteiger partial charge in [0, 0.05) is 29.4 Å². The number of rotatable bonds is 2. The zero-order valence-corrected chi connectivity index (χ0v) is 10.5. The molecule has 0 aliphatic heterocycles. The van der Waals surface area contributed by atoms with E-state index in [1.54, 1.807) is 35.2 Å². The Balaban J connectivity index is 2.48. The Morgan fingerprint density at radius 2 is 2.24 bits per heavy atom. The number of hydrogen-bond donors (Lipinski definition) is 0. The number of aryl methyl sites for hydroxylation is 1. The van der Waals surface area contributed by atoms with Gasteiger partial charge in [0.2, 0.25) is 0 Å². The van der Waals surface area contributed by atoms with Gasteiger partial charge in [0.05, 0.1) is 0 Å². The molecule has 0 aliphatic rings. The molecule has 2 rings (SSSR count). The second kappa shape index (κ2) is 4.72. The highest BCUT2D eigenvalue weighted by Gasteiger charge is 2.15. The zero-order chi connectivity index (χ0) is 12.4. The first-order valence-electron chi connectivity index (χ1n) is 5.47. The largest absolute Gasteiger partial charge is 0.270 e. The van der Waals surface area contributed by atoms with E-state index in [0.717, 1.165) is 17.8 Å². The standard InChI is InChI=1S/C13H13ClN2O/c1-3-12-15-7-8-16(12)13(17)10-5-4-6-11(14)9(10)2/h4-8H,3H2,1-2H3. The molecule has 0 atom stereocenters. The van der Waals surface area contributed by atoms with Gasteiger partial charge in [-0.15, -0.1) is 0 Å². The first-order chi connectivity index (χ1) is 8.15. The Morgan fingerprint density at radius 3 is 2.94 bits per heavy atom. The molecule has 0 bridgehead atoms. The summed E-state index contributed by atoms with van der Waals surface area (Å²) in [6.07, 6.45) is 4.04. The molecule has 17 heavy (non-hydrogen) atoms. The molecule has 3 nitrogen and oxygen atoms in total. The lowest BCUT2D eigenvalue weighted by atomic mass is 10.1. The van der Waals surface area contributed by atoms with Gasteiger partial charge in [-0.25, -0.2) is 4.98 Å². The first-order valence-corrected chi connectivity index (χ1v) is 5.85. The van der Waals surface area contributed by atoms with Gasteiger partial charge in [-0.3, -0.25) is 9.36 Å². The van der Waals surface area contributed by atoms with Crippen molar-refractivity contribution in [2.24, 2.45) is 0 Å². The minimum Gasteiger partial charge on any atom is -0.270 e. The van der Waals surface area contributed by atoms with Crippen LogP contribution in [0.3, 0.4) is 0 Å². The van der Waals surface area contributed by atoms with Crippen molar-refractivity contribution < 1.29 is 4.79 Å². The molecule has 0 radical (unpaired) electrons. The Labute approximate surface area is 105 Å². The fourth-order valence-electron chi connectivity index (χ4n) is 1.75. The van der Waals surface area contributed by atoms with E-state index in [2.05, 4.69) is 4.98 Å². The SMILES string of the molecule is CCc1nccn1C(=O)c1cccc(Cl)c1C. The van der Waals surface area contributed by atoms with Crippen LogP contribution in [-0.4, -0.2) is 15.5 Å². The zero-order valence-electron chi connectivity index (χ0n) is 9.77. The molecule has 1 aromatic carbocycles. The van der Waals surface area contributed by atoms with Gasteiger partial charge in [0.15, 0.2) is 0 Å². The summed E-state index contributed by atoms with van der Waals surface area (Å²) in [5.41, 5.74) is 1.42. The van der Waals surface area contributed by atoms with Gasteiger partial charge in [-0.2, -0.15) is 0 Å². The molecule has 0 aliphatic carbocycles. The van der Waals surface area contributed by atoms with E-state index in [4.69, 9.17) is 11.6 Å². The van der Waals surface area contributed by atoms with Crippen molar-refractivity contribution in [1.82, 2.24) is 9.55 Å². The van der Waals surface area contributed by atoms with E-state index in [1.165, 1.54) is 0 Å². The summed E-state index contributed by atoms with van der Waals surface area (Å²) in [6.45, 7) is 3.81. The van der Waals surface area contributed by atoms with Gasteiger partial charge in [0.25, 0.3) is 5.91 Å². The number of halogens is 1. The molecule has 0 unspecified atom stereocenters. The lowest BCUT2D eigenvalue weighted by Crippen LogP contribution is -2.15. The van der Waals surface area contributed by atoms with Crippen molar-refractivity contribution in [3.8, 4) is 0 Å². The highest BCUT2D eigenvalue weighted by molar-refractivity contribution is 6.31. The minimum atomic E-state index is -0.0839. The summed E-state index contributed by atoms with van der Waals surface area (Å²) < 4.78 is 1.57. The summed E-state index contributed by atoms with van der Waals surface area (Å²) in [4.78, 5) is 16.5. The lowest BCUT2D eigenvalue weighted by Gasteiger charge is -2.08. The van der Waals surface area contributed by atoms with Gasteiger partial charge >= 0.3 is 0 Å². The van der Waals surface area contributed by atoms with Crippen molar-refractivity contribution in [1.29, 1.82) is 0 Å². The third-order valence-corrected chi connectivity index (χ3v) is 3.16. The highest BCUT2D eigenvalue weighted by Crippen LogP contribution is 2.20. The highest BCUT2D eigenvalue weighted by atomic mass is 35.5. The quantitative estimate of drug-likeness (QED) is 0.819. The van der Waals surface area contributed by atoms with Crippen LogP contribution in [0.15, 0.2) is 30.6 Å². The van der Waals surface area contributed by atoms with Crippen LogP contribution in [0.5, 0.6) is 0 Å². The molecule has 0 amide bonds. The van der Waals surface area contributed by atoms with Gasteiger partial charge in [0.1, 0.15) is 5.82 Å². The van der Waals surface area contributed by atoms with Crippen LogP contribution in [0.4, 0.5) is 0 Å². The van der Waals surface area contributed by atoms with E-state index in [0.29, 0.717) is 10.6 Å². The topological polar surface area (TPSA) is 34.9 Å². The number of nitrogens with zero attached hydrogens (tertiary/aromatic N) is 2. The Morgan fingerprint density at radius 1 is 1.47 bits per heavy atom. The number of carbonyl (C=O) groups excluding carboxylic acids is 1. The Kier molecular flexibility index (Phi) is 3.29. The molecule has 0 spiro atoms. The van der Waals surface area contributed by atoms with Gasteiger partial charge < -0.3 is 0 Å². The van der Waals surface area contributed by atoms with Crippen LogP contribution in [0.1, 0.15) is 28.7 Å². The van der Waals surface area contributed by atoms with Crippen molar-refractivity contribution in [3.05, 3.63) is 52.6 Å². The fraction of sp³-hybridized carbons (Fsp3) is 0.231. The van der Waals surface area contributed by atoms with Gasteiger partial charge in [-0.05, 0) is 24.6 Å². The number of hydrogen-bond acceptors (Lipinski definition) is 2. The molecule has 4 heteroatoms. The molecule has 0 fully saturated rings. The van der Waals surface area contributed by atoms with Gasteiger partial charge in [-0.1, -0.05) is 24.6 Å². The monoisotopic (exact) mass is 248 g/mol. The maximum absolute atomic E-state index is 12.3. The van der Waals surface area contributed by atoms with Crippen molar-refractivity contribution >= 4 is 17.5 Å². The predicted molar refractivity (Wildman–Crippen MR) is 67.5 cm³/mol. The van der Waals surface area contributed by atoms with E-state index < -0.39 is 0 Å². The molecule has 88 valence electrons. The normalized spacial score (nSPS) is 10.5. The maximum Gasteiger partial charge on any atom is 0.263 e. The van der Waals surface area contributed by atoms with Crippen LogP contribution < -0.4 is 0 Å². The summed E-state index contributed by atoms with van der Waals surface area (Å²) >= 11 is 6.02. The average Bonchev–Trinajstić information content (AvgIpc) is 2.80. The second-order valence-electron chi connectivity index (χ2n) is 3.78. The van der Waals surface area contributed by atoms with E-state index in [1.807, 2.05) is 13.8 Å². The minimum absolute atomic E-state index is 0.0839. The molecule has 1 aromatic heterocycles. The van der Waals surface area contributed by atoms with Crippen LogP contribution in [0.2, 0.25) is 5.02 Å². The van der Waals surface area contributed by atoms with Crippen LogP contribution in [0.25, 0.3) is 0 Å². The van der Waals surface area contributed by atoms with Crippen molar-refractivity contribution in [2.75, 3.05) is 0 Å². The third kappa shape index (κ3) is 2.11. The average molecular weight is 249 g/mol. The van der Waals surface area contributed by atoms with Crippen LogP contribution in [-0.2, 0) is 6.42 Å². The van der Waals surface area contributed by atoms with Crippen LogP contribution >= 0.6 is 11.6 Å². The van der Waals surface area contributed by atoms with Crippen molar-refractivity contribution in [3.63, 3.8) is 0 Å². The number of carbonyl (C=O) groups is 1. The molecule has 0 N–H and O–H groups in total. The van der Waals surface area contributed by atoms with E-state index >= 15 is 0 Å². The summed E-state index contributed by atoms with van der Waals surface area (Å²) in [5, 5.41) is 0.606. The third-order valence-electron chi connectivity index (χ3n) is 2.75. The predicted octanol–water partition coefficient (Wildman–Crippen LogP) is 3.10. The number of benzene rings is 1. The first kappa shape index (κ1) is 11.9. The summed E-state index contributed by atoms with van der Waals surface area (Å²) in [7, 11) is 0. The molecular formula is C13H13ClN2O. The summed E-state index contributed by atoms with van der Waals surface area (Å²) in [6, 6.07) is 5.34. The van der Waals surface area contributed by atoms with E-state index in [9.17, 15) is 4.79 Å². The molecule has 2 aromatic rings. The van der Waals surface area contributed by atoms with Crippen molar-refractivity contribution in [2.45, 2.75) is 20.3 Å². The Bertz CT molecular complexity index is 560. The Hall–Kier alpha value is -1.61. The van der Waals surface area contributed by atoms with E-state index in [-0.39, 0.29) is 5.91 Å². The lowest BCUT2D eigenvalue weighted by molar-refractivity contribution is 0.0956. The molecular weight excluding hydrogens is 236 g/mol. The fourth-order valence-corrected chi connectivity index (χ4v) is 1.92.